The lowest BCUT2D eigenvalue weighted by Gasteiger charge is -2.31. The van der Waals surface area contributed by atoms with Gasteiger partial charge in [0.05, 0.1) is 0 Å². The molecule has 1 N–H and O–H groups in total. The molecule has 2 fully saturated rings. The smallest absolute Gasteiger partial charge is 0.0401 e. The van der Waals surface area contributed by atoms with Crippen molar-refractivity contribution in [1.82, 2.24) is 5.32 Å². The molecule has 1 aliphatic carbocycles. The maximum absolute atomic E-state index is 3.44. The summed E-state index contributed by atoms with van der Waals surface area (Å²) in [6, 6.07) is 16.6. The van der Waals surface area contributed by atoms with Crippen LogP contribution in [0.2, 0.25) is 0 Å². The van der Waals surface area contributed by atoms with E-state index in [-0.39, 0.29) is 0 Å². The third kappa shape index (κ3) is 8.65. The van der Waals surface area contributed by atoms with Gasteiger partial charge in [0.15, 0.2) is 0 Å². The van der Waals surface area contributed by atoms with Crippen molar-refractivity contribution in [3.63, 3.8) is 0 Å². The van der Waals surface area contributed by atoms with Crippen molar-refractivity contribution in [2.75, 3.05) is 31.1 Å². The van der Waals surface area contributed by atoms with Gasteiger partial charge >= 0.3 is 0 Å². The molecule has 2 aliphatic heterocycles. The van der Waals surface area contributed by atoms with Crippen molar-refractivity contribution >= 4 is 5.69 Å². The maximum Gasteiger partial charge on any atom is 0.0401 e. The normalized spacial score (nSPS) is 18.1. The highest BCUT2D eigenvalue weighted by molar-refractivity contribution is 5.57. The molecule has 1 saturated carbocycles. The number of unbranched alkanes of at least 4 members (excludes halogenated alkanes) is 1. The van der Waals surface area contributed by atoms with E-state index >= 15 is 0 Å². The minimum Gasteiger partial charge on any atom is -0.371 e. The second-order valence-corrected chi connectivity index (χ2v) is 10.9. The molecule has 0 aromatic heterocycles. The number of nitrogens with zero attached hydrogens (tertiary/aromatic N) is 1. The Labute approximate surface area is 223 Å². The number of fused-ring (bicyclic) bond motifs is 1. The van der Waals surface area contributed by atoms with Crippen LogP contribution < -0.4 is 10.2 Å². The van der Waals surface area contributed by atoms with E-state index in [4.69, 9.17) is 0 Å². The Kier molecular flexibility index (Phi) is 12.9. The van der Waals surface area contributed by atoms with Crippen LogP contribution in [0.25, 0.3) is 0 Å². The van der Waals surface area contributed by atoms with E-state index in [0.717, 1.165) is 18.3 Å². The zero-order valence-corrected chi connectivity index (χ0v) is 24.0. The van der Waals surface area contributed by atoms with E-state index in [9.17, 15) is 0 Å². The van der Waals surface area contributed by atoms with Crippen LogP contribution in [-0.4, -0.2) is 26.2 Å². The van der Waals surface area contributed by atoms with E-state index in [0.29, 0.717) is 0 Å². The predicted molar refractivity (Wildman–Crippen MR) is 160 cm³/mol. The molecule has 2 heteroatoms. The lowest BCUT2D eigenvalue weighted by molar-refractivity contribution is 0.460. The van der Waals surface area contributed by atoms with Crippen molar-refractivity contribution in [2.45, 2.75) is 111 Å². The number of aryl methyl sites for hydroxylation is 2. The topological polar surface area (TPSA) is 15.3 Å². The summed E-state index contributed by atoms with van der Waals surface area (Å²) in [5.74, 6) is 1.77. The van der Waals surface area contributed by atoms with Gasteiger partial charge in [-0.15, -0.1) is 0 Å². The summed E-state index contributed by atoms with van der Waals surface area (Å²) < 4.78 is 0. The molecule has 2 aromatic carbocycles. The molecule has 0 unspecified atom stereocenters. The first-order valence-corrected chi connectivity index (χ1v) is 15.4. The molecule has 0 radical (unpaired) electrons. The van der Waals surface area contributed by atoms with Crippen LogP contribution in [0.1, 0.15) is 114 Å². The third-order valence-corrected chi connectivity index (χ3v) is 8.34. The Balaban J connectivity index is 0.000000189. The lowest BCUT2D eigenvalue weighted by atomic mass is 9.89. The second-order valence-electron chi connectivity index (χ2n) is 10.9. The summed E-state index contributed by atoms with van der Waals surface area (Å²) in [6.45, 7) is 13.4. The number of rotatable bonds is 7. The Morgan fingerprint density at radius 1 is 0.833 bits per heavy atom. The molecule has 1 saturated heterocycles. The van der Waals surface area contributed by atoms with Crippen molar-refractivity contribution in [3.8, 4) is 0 Å². The second kappa shape index (κ2) is 16.1. The van der Waals surface area contributed by atoms with Crippen LogP contribution >= 0.6 is 0 Å². The predicted octanol–water partition coefficient (Wildman–Crippen LogP) is 8.71. The molecule has 200 valence electrons. The van der Waals surface area contributed by atoms with Gasteiger partial charge in [0.25, 0.3) is 0 Å². The standard InChI is InChI=1S/C17H25N.C15H23N.C2H6/c1-2-4-14(3-1)13-15-5-7-16(8-6-15)17-9-11-18-12-10-17;1-3-5-10-16-11-6-7-14-9-8-13(4-2)12-15(14)16;1-2/h5-8,14,17-18H,1-4,9-13H2;8-9,12H,3-7,10-11H2,1-2H3;1-2H3. The molecule has 2 nitrogen and oxygen atoms in total. The van der Waals surface area contributed by atoms with E-state index in [1.807, 2.05) is 13.8 Å². The van der Waals surface area contributed by atoms with Crippen molar-refractivity contribution in [3.05, 3.63) is 64.7 Å². The summed E-state index contributed by atoms with van der Waals surface area (Å²) >= 11 is 0. The van der Waals surface area contributed by atoms with Gasteiger partial charge in [-0.3, -0.25) is 0 Å². The molecule has 5 rings (SSSR count). The number of nitrogens with one attached hydrogen (secondary N) is 1. The number of piperidine rings is 1. The highest BCUT2D eigenvalue weighted by Gasteiger charge is 2.18. The Hall–Kier alpha value is -1.80. The van der Waals surface area contributed by atoms with Gasteiger partial charge in [-0.25, -0.2) is 0 Å². The summed E-state index contributed by atoms with van der Waals surface area (Å²) in [4.78, 5) is 2.58. The van der Waals surface area contributed by atoms with E-state index in [2.05, 4.69) is 66.5 Å². The van der Waals surface area contributed by atoms with Gasteiger partial charge in [0.1, 0.15) is 0 Å². The Morgan fingerprint density at radius 2 is 1.53 bits per heavy atom. The molecule has 36 heavy (non-hydrogen) atoms. The van der Waals surface area contributed by atoms with Gasteiger partial charge in [-0.1, -0.05) is 96.2 Å². The van der Waals surface area contributed by atoms with Gasteiger partial charge in [-0.2, -0.15) is 0 Å². The molecule has 0 spiro atoms. The first-order valence-electron chi connectivity index (χ1n) is 15.4. The SMILES string of the molecule is CC.CCCCN1CCCc2ccc(CC)cc21.c1cc(C2CCNCC2)ccc1CC1CCCC1. The van der Waals surface area contributed by atoms with Crippen molar-refractivity contribution in [2.24, 2.45) is 5.92 Å². The summed E-state index contributed by atoms with van der Waals surface area (Å²) in [6.07, 6.45) is 16.1. The van der Waals surface area contributed by atoms with Gasteiger partial charge in [-0.05, 0) is 98.2 Å². The molecule has 0 atom stereocenters. The van der Waals surface area contributed by atoms with E-state index < -0.39 is 0 Å². The van der Waals surface area contributed by atoms with Crippen LogP contribution in [0.3, 0.4) is 0 Å². The minimum absolute atomic E-state index is 0.798. The van der Waals surface area contributed by atoms with Crippen LogP contribution in [-0.2, 0) is 19.3 Å². The molecule has 2 heterocycles. The fourth-order valence-corrected chi connectivity index (χ4v) is 6.13. The average molecular weight is 491 g/mol. The minimum atomic E-state index is 0.798. The third-order valence-electron chi connectivity index (χ3n) is 8.34. The zero-order valence-electron chi connectivity index (χ0n) is 24.0. The number of benzene rings is 2. The largest absolute Gasteiger partial charge is 0.371 e. The van der Waals surface area contributed by atoms with Gasteiger partial charge in [0.2, 0.25) is 0 Å². The highest BCUT2D eigenvalue weighted by atomic mass is 15.1. The fraction of sp³-hybridized carbons (Fsp3) is 0.647. The van der Waals surface area contributed by atoms with Gasteiger partial charge in [0, 0.05) is 18.8 Å². The van der Waals surface area contributed by atoms with Gasteiger partial charge < -0.3 is 10.2 Å². The number of anilines is 1. The summed E-state index contributed by atoms with van der Waals surface area (Å²) in [7, 11) is 0. The number of hydrogen-bond acceptors (Lipinski definition) is 2. The van der Waals surface area contributed by atoms with Crippen LogP contribution in [0.5, 0.6) is 0 Å². The number of hydrogen-bond donors (Lipinski definition) is 1. The maximum atomic E-state index is 3.44. The summed E-state index contributed by atoms with van der Waals surface area (Å²) in [5.41, 5.74) is 7.66. The molecular formula is C34H54N2. The quantitative estimate of drug-likeness (QED) is 0.417. The Bertz CT molecular complexity index is 844. The first kappa shape index (κ1) is 28.8. The van der Waals surface area contributed by atoms with Crippen LogP contribution in [0.4, 0.5) is 5.69 Å². The van der Waals surface area contributed by atoms with Crippen molar-refractivity contribution < 1.29 is 0 Å². The zero-order chi connectivity index (χ0) is 25.6. The van der Waals surface area contributed by atoms with E-state index in [1.165, 1.54) is 108 Å². The molecule has 0 amide bonds. The van der Waals surface area contributed by atoms with Crippen LogP contribution in [0.15, 0.2) is 42.5 Å². The fourth-order valence-electron chi connectivity index (χ4n) is 6.13. The highest BCUT2D eigenvalue weighted by Crippen LogP contribution is 2.30. The van der Waals surface area contributed by atoms with E-state index in [1.54, 1.807) is 16.7 Å². The monoisotopic (exact) mass is 490 g/mol. The lowest BCUT2D eigenvalue weighted by Crippen LogP contribution is -2.30. The average Bonchev–Trinajstić information content (AvgIpc) is 3.47. The van der Waals surface area contributed by atoms with Crippen molar-refractivity contribution in [1.29, 1.82) is 0 Å². The molecular weight excluding hydrogens is 436 g/mol. The molecule has 0 bridgehead atoms. The summed E-state index contributed by atoms with van der Waals surface area (Å²) in [5, 5.41) is 3.44. The van der Waals surface area contributed by atoms with Crippen LogP contribution in [0, 0.1) is 5.92 Å². The molecule has 3 aliphatic rings. The Morgan fingerprint density at radius 3 is 2.19 bits per heavy atom. The molecule has 2 aromatic rings. The first-order chi connectivity index (χ1) is 17.8.